The molecule has 0 spiro atoms. The summed E-state index contributed by atoms with van der Waals surface area (Å²) in [6, 6.07) is 7.93. The third-order valence-corrected chi connectivity index (χ3v) is 3.59. The first-order valence-corrected chi connectivity index (χ1v) is 6.05. The molecular weight excluding hydrogens is 218 g/mol. The number of nitrogens with two attached hydrogens (primary N) is 1. The van der Waals surface area contributed by atoms with Crippen LogP contribution in [0.5, 0.6) is 0 Å². The van der Waals surface area contributed by atoms with Crippen molar-refractivity contribution >= 4 is 19.6 Å². The first kappa shape index (κ1) is 12.0. The Hall–Kier alpha value is -0.505. The molecule has 4 heteroatoms. The van der Waals surface area contributed by atoms with Crippen LogP contribution >= 0.6 is 11.6 Å². The fraction of sp³-hybridized carbons (Fsp3) is 0.500. The Labute approximate surface area is 103 Å². The van der Waals surface area contributed by atoms with Crippen LogP contribution in [0.4, 0.5) is 0 Å². The molecule has 0 saturated carbocycles. The number of piperidine rings is 1. The van der Waals surface area contributed by atoms with E-state index >= 15 is 0 Å². The Kier molecular flexibility index (Phi) is 3.90. The lowest BCUT2D eigenvalue weighted by Crippen LogP contribution is -2.35. The Balaban J connectivity index is 2.01. The molecule has 0 amide bonds. The largest absolute Gasteiger partial charge is 0.353 e. The van der Waals surface area contributed by atoms with E-state index in [-0.39, 0.29) is 6.04 Å². The van der Waals surface area contributed by atoms with E-state index in [0.29, 0.717) is 5.92 Å². The quantitative estimate of drug-likeness (QED) is 0.795. The van der Waals surface area contributed by atoms with Gasteiger partial charge in [-0.3, -0.25) is 0 Å². The van der Waals surface area contributed by atoms with Gasteiger partial charge in [-0.1, -0.05) is 23.7 Å². The maximum atomic E-state index is 6.26. The fourth-order valence-electron chi connectivity index (χ4n) is 2.24. The van der Waals surface area contributed by atoms with Crippen LogP contribution in [0.25, 0.3) is 0 Å². The Bertz CT molecular complexity index is 333. The zero-order chi connectivity index (χ0) is 11.5. The Morgan fingerprint density at radius 1 is 1.25 bits per heavy atom. The minimum Gasteiger partial charge on any atom is -0.353 e. The van der Waals surface area contributed by atoms with Crippen LogP contribution in [0.15, 0.2) is 24.3 Å². The maximum absolute atomic E-state index is 6.26. The molecule has 0 aliphatic carbocycles. The second-order valence-electron chi connectivity index (χ2n) is 4.45. The molecule has 1 aromatic carbocycles. The first-order valence-electron chi connectivity index (χ1n) is 5.67. The standard InChI is InChI=1S/C12H16BClN2/c13-16-7-5-10(6-8-16)12(15)9-1-3-11(14)4-2-9/h1-4,10,12H,5-8,15H2. The monoisotopic (exact) mass is 234 g/mol. The molecule has 84 valence electrons. The van der Waals surface area contributed by atoms with E-state index in [4.69, 9.17) is 25.3 Å². The van der Waals surface area contributed by atoms with Crippen LogP contribution < -0.4 is 5.73 Å². The molecule has 1 saturated heterocycles. The van der Waals surface area contributed by atoms with Crippen molar-refractivity contribution in [3.8, 4) is 0 Å². The SMILES string of the molecule is [B]N1CCC(C(N)c2ccc(Cl)cc2)CC1. The Morgan fingerprint density at radius 3 is 2.38 bits per heavy atom. The lowest BCUT2D eigenvalue weighted by Gasteiger charge is -2.33. The summed E-state index contributed by atoms with van der Waals surface area (Å²) >= 11 is 5.86. The number of hydrogen-bond acceptors (Lipinski definition) is 2. The summed E-state index contributed by atoms with van der Waals surface area (Å²) < 4.78 is 0. The van der Waals surface area contributed by atoms with E-state index in [1.807, 2.05) is 29.1 Å². The van der Waals surface area contributed by atoms with Crippen LogP contribution in [-0.4, -0.2) is 25.9 Å². The van der Waals surface area contributed by atoms with Crippen molar-refractivity contribution in [1.29, 1.82) is 0 Å². The highest BCUT2D eigenvalue weighted by molar-refractivity contribution is 6.30. The molecule has 1 aliphatic heterocycles. The van der Waals surface area contributed by atoms with Crippen LogP contribution in [-0.2, 0) is 0 Å². The lowest BCUT2D eigenvalue weighted by molar-refractivity contribution is 0.251. The van der Waals surface area contributed by atoms with Crippen LogP contribution in [0.2, 0.25) is 5.02 Å². The molecule has 1 atom stereocenters. The summed E-state index contributed by atoms with van der Waals surface area (Å²) in [6.45, 7) is 1.87. The predicted molar refractivity (Wildman–Crippen MR) is 68.4 cm³/mol. The molecule has 0 aromatic heterocycles. The molecule has 1 heterocycles. The summed E-state index contributed by atoms with van der Waals surface area (Å²) in [6.07, 6.45) is 2.14. The van der Waals surface area contributed by atoms with Gasteiger partial charge in [-0.15, -0.1) is 0 Å². The number of rotatable bonds is 2. The topological polar surface area (TPSA) is 29.3 Å². The van der Waals surface area contributed by atoms with Crippen molar-refractivity contribution in [3.63, 3.8) is 0 Å². The first-order chi connectivity index (χ1) is 7.66. The average molecular weight is 235 g/mol. The van der Waals surface area contributed by atoms with Gasteiger partial charge in [0.25, 0.3) is 0 Å². The molecular formula is C12H16BClN2. The van der Waals surface area contributed by atoms with E-state index in [0.717, 1.165) is 31.0 Å². The highest BCUT2D eigenvalue weighted by Crippen LogP contribution is 2.28. The zero-order valence-electron chi connectivity index (χ0n) is 9.27. The zero-order valence-corrected chi connectivity index (χ0v) is 10.0. The van der Waals surface area contributed by atoms with Gasteiger partial charge in [-0.2, -0.15) is 0 Å². The van der Waals surface area contributed by atoms with Gasteiger partial charge < -0.3 is 10.5 Å². The van der Waals surface area contributed by atoms with Crippen molar-refractivity contribution < 1.29 is 0 Å². The van der Waals surface area contributed by atoms with Gasteiger partial charge in [0.1, 0.15) is 0 Å². The highest BCUT2D eigenvalue weighted by Gasteiger charge is 2.23. The molecule has 2 nitrogen and oxygen atoms in total. The third-order valence-electron chi connectivity index (χ3n) is 3.34. The number of nitrogens with zero attached hydrogens (tertiary/aromatic N) is 1. The van der Waals surface area contributed by atoms with Crippen molar-refractivity contribution in [2.75, 3.05) is 13.1 Å². The number of halogens is 1. The molecule has 1 aromatic rings. The van der Waals surface area contributed by atoms with Crippen molar-refractivity contribution in [2.24, 2.45) is 11.7 Å². The third kappa shape index (κ3) is 2.79. The second-order valence-corrected chi connectivity index (χ2v) is 4.89. The number of hydrogen-bond donors (Lipinski definition) is 1. The van der Waals surface area contributed by atoms with E-state index in [9.17, 15) is 0 Å². The normalized spacial score (nSPS) is 20.9. The molecule has 2 rings (SSSR count). The van der Waals surface area contributed by atoms with Crippen LogP contribution in [0, 0.1) is 5.92 Å². The van der Waals surface area contributed by atoms with Gasteiger partial charge in [0.2, 0.25) is 0 Å². The Morgan fingerprint density at radius 2 is 1.81 bits per heavy atom. The smallest absolute Gasteiger partial charge is 0.182 e. The van der Waals surface area contributed by atoms with Gasteiger partial charge >= 0.3 is 0 Å². The fourth-order valence-corrected chi connectivity index (χ4v) is 2.36. The van der Waals surface area contributed by atoms with Gasteiger partial charge in [0, 0.05) is 11.1 Å². The molecule has 0 bridgehead atoms. The molecule has 1 unspecified atom stereocenters. The van der Waals surface area contributed by atoms with Gasteiger partial charge in [0.05, 0.1) is 0 Å². The summed E-state index contributed by atoms with van der Waals surface area (Å²) in [5.74, 6) is 0.529. The maximum Gasteiger partial charge on any atom is 0.182 e. The summed E-state index contributed by atoms with van der Waals surface area (Å²) in [5, 5.41) is 0.757. The number of benzene rings is 1. The van der Waals surface area contributed by atoms with E-state index < -0.39 is 0 Å². The van der Waals surface area contributed by atoms with Gasteiger partial charge in [-0.25, -0.2) is 0 Å². The minimum atomic E-state index is 0.103. The van der Waals surface area contributed by atoms with Gasteiger partial charge in [-0.05, 0) is 49.5 Å². The summed E-state index contributed by atoms with van der Waals surface area (Å²) in [5.41, 5.74) is 7.43. The van der Waals surface area contributed by atoms with E-state index in [2.05, 4.69) is 0 Å². The van der Waals surface area contributed by atoms with Crippen molar-refractivity contribution in [3.05, 3.63) is 34.9 Å². The lowest BCUT2D eigenvalue weighted by atomic mass is 9.85. The molecule has 1 aliphatic rings. The van der Waals surface area contributed by atoms with Gasteiger partial charge in [0.15, 0.2) is 7.98 Å². The molecule has 1 fully saturated rings. The second kappa shape index (κ2) is 5.22. The van der Waals surface area contributed by atoms with Crippen molar-refractivity contribution in [2.45, 2.75) is 18.9 Å². The van der Waals surface area contributed by atoms with Crippen LogP contribution in [0.1, 0.15) is 24.4 Å². The highest BCUT2D eigenvalue weighted by atomic mass is 35.5. The summed E-state index contributed by atoms with van der Waals surface area (Å²) in [4.78, 5) is 1.87. The predicted octanol–water partition coefficient (Wildman–Crippen LogP) is 2.14. The van der Waals surface area contributed by atoms with E-state index in [1.165, 1.54) is 5.56 Å². The summed E-state index contributed by atoms with van der Waals surface area (Å²) in [7, 11) is 5.73. The molecule has 2 N–H and O–H groups in total. The van der Waals surface area contributed by atoms with Crippen molar-refractivity contribution in [1.82, 2.24) is 4.81 Å². The molecule has 2 radical (unpaired) electrons. The van der Waals surface area contributed by atoms with Crippen LogP contribution in [0.3, 0.4) is 0 Å². The minimum absolute atomic E-state index is 0.103. The van der Waals surface area contributed by atoms with E-state index in [1.54, 1.807) is 0 Å². The average Bonchev–Trinajstić information content (AvgIpc) is 2.30. The molecule has 16 heavy (non-hydrogen) atoms.